The van der Waals surface area contributed by atoms with Gasteiger partial charge < -0.3 is 15.5 Å². The van der Waals surface area contributed by atoms with Gasteiger partial charge in [-0.2, -0.15) is 0 Å². The van der Waals surface area contributed by atoms with Gasteiger partial charge in [0.15, 0.2) is 5.01 Å². The number of carbonyl (C=O) groups is 2. The molecule has 1 aromatic heterocycles. The smallest absolute Gasteiger partial charge is 0.277 e. The zero-order valence-electron chi connectivity index (χ0n) is 14.6. The van der Waals surface area contributed by atoms with Gasteiger partial charge in [-0.25, -0.2) is 4.98 Å². The van der Waals surface area contributed by atoms with Gasteiger partial charge in [0.25, 0.3) is 5.91 Å². The lowest BCUT2D eigenvalue weighted by atomic mass is 9.89. The number of nitrogens with zero attached hydrogens (tertiary/aromatic N) is 3. The normalized spacial score (nSPS) is 26.8. The topological polar surface area (TPSA) is 79.5 Å². The molecule has 3 aliphatic rings. The van der Waals surface area contributed by atoms with Crippen molar-refractivity contribution in [2.75, 3.05) is 26.2 Å². The van der Waals surface area contributed by atoms with Gasteiger partial charge >= 0.3 is 0 Å². The fourth-order valence-corrected chi connectivity index (χ4v) is 5.56. The van der Waals surface area contributed by atoms with Crippen LogP contribution < -0.4 is 5.73 Å². The molecule has 0 spiro atoms. The van der Waals surface area contributed by atoms with Crippen molar-refractivity contribution in [2.45, 2.75) is 56.9 Å². The van der Waals surface area contributed by atoms with E-state index in [1.807, 2.05) is 0 Å². The quantitative estimate of drug-likeness (QED) is 0.885. The molecule has 7 heteroatoms. The monoisotopic (exact) mass is 362 g/mol. The van der Waals surface area contributed by atoms with Gasteiger partial charge in [-0.3, -0.25) is 9.59 Å². The van der Waals surface area contributed by atoms with Crippen LogP contribution in [-0.4, -0.2) is 58.8 Å². The molecular weight excluding hydrogens is 336 g/mol. The number of thiazole rings is 1. The summed E-state index contributed by atoms with van der Waals surface area (Å²) in [5, 5.41) is 0.347. The maximum Gasteiger partial charge on any atom is 0.277 e. The molecule has 2 aliphatic heterocycles. The molecule has 0 aromatic carbocycles. The number of hydrogen-bond acceptors (Lipinski definition) is 5. The van der Waals surface area contributed by atoms with Gasteiger partial charge in [0.2, 0.25) is 5.91 Å². The predicted molar refractivity (Wildman–Crippen MR) is 96.7 cm³/mol. The van der Waals surface area contributed by atoms with Crippen molar-refractivity contribution in [3.8, 4) is 0 Å². The van der Waals surface area contributed by atoms with E-state index in [2.05, 4.69) is 14.8 Å². The maximum absolute atomic E-state index is 13.3. The highest BCUT2D eigenvalue weighted by Gasteiger charge is 2.38. The molecule has 2 fully saturated rings. The Morgan fingerprint density at radius 1 is 1.12 bits per heavy atom. The van der Waals surface area contributed by atoms with Crippen molar-refractivity contribution in [2.24, 2.45) is 5.73 Å². The molecule has 0 bridgehead atoms. The van der Waals surface area contributed by atoms with Crippen LogP contribution in [0, 0.1) is 0 Å². The molecule has 136 valence electrons. The molecule has 0 radical (unpaired) electrons. The van der Waals surface area contributed by atoms with E-state index in [0.29, 0.717) is 11.0 Å². The number of aromatic nitrogens is 1. The number of amides is 2. The predicted octanol–water partition coefficient (Wildman–Crippen LogP) is 1.75. The van der Waals surface area contributed by atoms with Crippen LogP contribution in [0.15, 0.2) is 0 Å². The number of aryl methyl sites for hydroxylation is 1. The fraction of sp³-hybridized carbons (Fsp3) is 0.722. The summed E-state index contributed by atoms with van der Waals surface area (Å²) < 4.78 is 0. The third-order valence-corrected chi connectivity index (χ3v) is 6.94. The van der Waals surface area contributed by atoms with Gasteiger partial charge in [0.1, 0.15) is 0 Å². The summed E-state index contributed by atoms with van der Waals surface area (Å²) in [6, 6.07) is 0.338. The molecule has 2 amide bonds. The van der Waals surface area contributed by atoms with Crippen LogP contribution >= 0.6 is 11.3 Å². The van der Waals surface area contributed by atoms with Crippen LogP contribution in [-0.2, 0) is 11.2 Å². The van der Waals surface area contributed by atoms with Crippen molar-refractivity contribution < 1.29 is 9.59 Å². The van der Waals surface area contributed by atoms with E-state index >= 15 is 0 Å². The minimum absolute atomic E-state index is 0.188. The van der Waals surface area contributed by atoms with Crippen molar-refractivity contribution in [3.05, 3.63) is 15.6 Å². The Kier molecular flexibility index (Phi) is 4.78. The van der Waals surface area contributed by atoms with Crippen LogP contribution in [0.2, 0.25) is 0 Å². The molecule has 2 unspecified atom stereocenters. The van der Waals surface area contributed by atoms with Gasteiger partial charge in [0, 0.05) is 24.0 Å². The Labute approximate surface area is 152 Å². The number of nitrogens with two attached hydrogens (primary N) is 1. The maximum atomic E-state index is 13.3. The van der Waals surface area contributed by atoms with Crippen LogP contribution in [0.3, 0.4) is 0 Å². The Bertz CT molecular complexity index is 668. The van der Waals surface area contributed by atoms with Crippen molar-refractivity contribution in [1.82, 2.24) is 14.8 Å². The minimum atomic E-state index is -0.487. The van der Waals surface area contributed by atoms with E-state index in [4.69, 9.17) is 5.73 Å². The first-order valence-corrected chi connectivity index (χ1v) is 10.3. The summed E-state index contributed by atoms with van der Waals surface area (Å²) in [7, 11) is 0. The van der Waals surface area contributed by atoms with Crippen molar-refractivity contribution in [1.29, 1.82) is 0 Å². The third-order valence-electron chi connectivity index (χ3n) is 5.79. The second kappa shape index (κ2) is 7.03. The molecule has 0 saturated carbocycles. The SMILES string of the molecule is NC(=O)c1nc2c(s1)CCCC2C(=O)N1CCCC1CN1CCCC1. The zero-order valence-corrected chi connectivity index (χ0v) is 15.4. The molecule has 6 nitrogen and oxygen atoms in total. The average molecular weight is 362 g/mol. The first-order valence-electron chi connectivity index (χ1n) is 9.45. The van der Waals surface area contributed by atoms with Gasteiger partial charge in [-0.05, 0) is 58.0 Å². The van der Waals surface area contributed by atoms with E-state index < -0.39 is 5.91 Å². The first kappa shape index (κ1) is 17.0. The van der Waals surface area contributed by atoms with E-state index in [-0.39, 0.29) is 11.8 Å². The van der Waals surface area contributed by atoms with Crippen LogP contribution in [0.25, 0.3) is 0 Å². The Hall–Kier alpha value is -1.47. The average Bonchev–Trinajstić information content (AvgIpc) is 3.34. The van der Waals surface area contributed by atoms with Crippen LogP contribution in [0.1, 0.15) is 64.8 Å². The number of carbonyl (C=O) groups excluding carboxylic acids is 2. The summed E-state index contributed by atoms with van der Waals surface area (Å²) >= 11 is 1.37. The summed E-state index contributed by atoms with van der Waals surface area (Å²) in [4.78, 5) is 34.9. The number of rotatable bonds is 4. The largest absolute Gasteiger partial charge is 0.364 e. The first-order chi connectivity index (χ1) is 12.1. The molecular formula is C18H26N4O2S. The lowest BCUT2D eigenvalue weighted by Crippen LogP contribution is -2.45. The Morgan fingerprint density at radius 3 is 2.68 bits per heavy atom. The molecule has 25 heavy (non-hydrogen) atoms. The highest BCUT2D eigenvalue weighted by atomic mass is 32.1. The summed E-state index contributed by atoms with van der Waals surface area (Å²) in [5.74, 6) is -0.463. The van der Waals surface area contributed by atoms with E-state index in [1.165, 1.54) is 37.3 Å². The van der Waals surface area contributed by atoms with Gasteiger partial charge in [-0.15, -0.1) is 11.3 Å². The Balaban J connectivity index is 1.51. The van der Waals surface area contributed by atoms with Gasteiger partial charge in [-0.1, -0.05) is 0 Å². The zero-order chi connectivity index (χ0) is 17.4. The van der Waals surface area contributed by atoms with E-state index in [1.54, 1.807) is 0 Å². The molecule has 1 aromatic rings. The molecule has 2 saturated heterocycles. The number of fused-ring (bicyclic) bond motifs is 1. The summed E-state index contributed by atoms with van der Waals surface area (Å²) in [6.07, 6.45) is 7.47. The van der Waals surface area contributed by atoms with Crippen LogP contribution in [0.5, 0.6) is 0 Å². The van der Waals surface area contributed by atoms with Crippen LogP contribution in [0.4, 0.5) is 0 Å². The summed E-state index contributed by atoms with van der Waals surface area (Å²) in [6.45, 7) is 4.20. The van der Waals surface area contributed by atoms with Crippen molar-refractivity contribution in [3.63, 3.8) is 0 Å². The Morgan fingerprint density at radius 2 is 1.92 bits per heavy atom. The fourth-order valence-electron chi connectivity index (χ4n) is 4.54. The number of hydrogen-bond donors (Lipinski definition) is 1. The lowest BCUT2D eigenvalue weighted by Gasteiger charge is -2.32. The molecule has 4 rings (SSSR count). The van der Waals surface area contributed by atoms with Gasteiger partial charge in [0.05, 0.1) is 11.6 Å². The molecule has 2 N–H and O–H groups in total. The van der Waals surface area contributed by atoms with E-state index in [0.717, 1.165) is 55.8 Å². The molecule has 1 aliphatic carbocycles. The highest BCUT2D eigenvalue weighted by Crippen LogP contribution is 2.37. The highest BCUT2D eigenvalue weighted by molar-refractivity contribution is 7.13. The van der Waals surface area contributed by atoms with E-state index in [9.17, 15) is 9.59 Å². The second-order valence-electron chi connectivity index (χ2n) is 7.47. The van der Waals surface area contributed by atoms with Crippen molar-refractivity contribution >= 4 is 23.2 Å². The lowest BCUT2D eigenvalue weighted by molar-refractivity contribution is -0.134. The molecule has 3 heterocycles. The number of likely N-dealkylation sites (tertiary alicyclic amines) is 2. The number of primary amides is 1. The third kappa shape index (κ3) is 3.31. The second-order valence-corrected chi connectivity index (χ2v) is 8.56. The standard InChI is InChI=1S/C18H26N4O2S/c19-16(23)17-20-15-13(6-3-7-14(15)25-17)18(24)22-10-4-5-12(22)11-21-8-1-2-9-21/h12-13H,1-11H2,(H2,19,23). The minimum Gasteiger partial charge on any atom is -0.364 e. The summed E-state index contributed by atoms with van der Waals surface area (Å²) in [5.41, 5.74) is 6.21. The molecule has 2 atom stereocenters.